The van der Waals surface area contributed by atoms with Gasteiger partial charge < -0.3 is 9.47 Å². The number of para-hydroxylation sites is 1. The van der Waals surface area contributed by atoms with Crippen LogP contribution in [0.4, 0.5) is 0 Å². The number of rotatable bonds is 3. The van der Waals surface area contributed by atoms with Gasteiger partial charge in [0.05, 0.1) is 19.8 Å². The van der Waals surface area contributed by atoms with E-state index in [0.29, 0.717) is 17.1 Å². The van der Waals surface area contributed by atoms with Crippen molar-refractivity contribution < 1.29 is 14.3 Å². The highest BCUT2D eigenvalue weighted by molar-refractivity contribution is 5.81. The fraction of sp³-hybridized carbons (Fsp3) is 0.222. The highest BCUT2D eigenvalue weighted by Gasteiger charge is 2.07. The van der Waals surface area contributed by atoms with Crippen molar-refractivity contribution in [2.75, 3.05) is 14.2 Å². The minimum Gasteiger partial charge on any atom is -0.493 e. The predicted octanol–water partition coefficient (Wildman–Crippen LogP) is 1.16. The zero-order valence-corrected chi connectivity index (χ0v) is 6.96. The third-order valence-corrected chi connectivity index (χ3v) is 1.51. The van der Waals surface area contributed by atoms with E-state index >= 15 is 0 Å². The first kappa shape index (κ1) is 8.59. The lowest BCUT2D eigenvalue weighted by molar-refractivity contribution is 0.354. The van der Waals surface area contributed by atoms with Crippen molar-refractivity contribution in [2.24, 2.45) is 0 Å². The van der Waals surface area contributed by atoms with Gasteiger partial charge >= 0.3 is 0 Å². The van der Waals surface area contributed by atoms with Gasteiger partial charge in [-0.3, -0.25) is 4.79 Å². The smallest absolute Gasteiger partial charge is 0.237 e. The third-order valence-electron chi connectivity index (χ3n) is 1.51. The molecule has 0 saturated heterocycles. The van der Waals surface area contributed by atoms with Gasteiger partial charge in [-0.2, -0.15) is 0 Å². The molecule has 63 valence electrons. The van der Waals surface area contributed by atoms with Crippen molar-refractivity contribution in [2.45, 2.75) is 0 Å². The van der Waals surface area contributed by atoms with Gasteiger partial charge in [0, 0.05) is 0 Å². The summed E-state index contributed by atoms with van der Waals surface area (Å²) in [6.07, 6.45) is 1.77. The average molecular weight is 165 g/mol. The van der Waals surface area contributed by atoms with E-state index in [0.717, 1.165) is 0 Å². The van der Waals surface area contributed by atoms with Gasteiger partial charge in [-0.1, -0.05) is 6.07 Å². The lowest BCUT2D eigenvalue weighted by Crippen LogP contribution is -1.94. The first-order valence-corrected chi connectivity index (χ1v) is 3.42. The maximum absolute atomic E-state index is 10.4. The first-order valence-electron chi connectivity index (χ1n) is 3.42. The zero-order chi connectivity index (χ0) is 8.97. The van der Waals surface area contributed by atoms with E-state index in [4.69, 9.17) is 9.47 Å². The van der Waals surface area contributed by atoms with Crippen LogP contribution in [0.15, 0.2) is 18.2 Å². The monoisotopic (exact) mass is 165 g/mol. The first-order chi connectivity index (χ1) is 5.83. The Morgan fingerprint density at radius 2 is 2.00 bits per heavy atom. The molecule has 1 radical (unpaired) electrons. The minimum absolute atomic E-state index is 0.372. The summed E-state index contributed by atoms with van der Waals surface area (Å²) in [5, 5.41) is 0. The third kappa shape index (κ3) is 1.39. The Balaban J connectivity index is 3.21. The average Bonchev–Trinajstić information content (AvgIpc) is 2.16. The van der Waals surface area contributed by atoms with Crippen LogP contribution >= 0.6 is 0 Å². The molecule has 0 unspecified atom stereocenters. The summed E-state index contributed by atoms with van der Waals surface area (Å²) >= 11 is 0. The lowest BCUT2D eigenvalue weighted by atomic mass is 10.2. The Kier molecular flexibility index (Phi) is 2.69. The Morgan fingerprint density at radius 1 is 1.25 bits per heavy atom. The molecule has 3 nitrogen and oxygen atoms in total. The maximum Gasteiger partial charge on any atom is 0.237 e. The summed E-state index contributed by atoms with van der Waals surface area (Å²) in [7, 11) is 3.01. The molecular weight excluding hydrogens is 156 g/mol. The molecule has 0 aromatic heterocycles. The second kappa shape index (κ2) is 3.76. The van der Waals surface area contributed by atoms with Gasteiger partial charge in [0.15, 0.2) is 11.5 Å². The van der Waals surface area contributed by atoms with E-state index in [2.05, 4.69) is 0 Å². The second-order valence-corrected chi connectivity index (χ2v) is 2.14. The molecule has 0 heterocycles. The Morgan fingerprint density at radius 3 is 2.50 bits per heavy atom. The molecule has 0 saturated carbocycles. The van der Waals surface area contributed by atoms with E-state index in [1.807, 2.05) is 0 Å². The number of methoxy groups -OCH3 is 2. The van der Waals surface area contributed by atoms with E-state index in [9.17, 15) is 4.79 Å². The molecule has 0 aliphatic heterocycles. The van der Waals surface area contributed by atoms with Crippen molar-refractivity contribution in [1.82, 2.24) is 0 Å². The van der Waals surface area contributed by atoms with Crippen LogP contribution in [-0.2, 0) is 4.79 Å². The zero-order valence-electron chi connectivity index (χ0n) is 6.96. The van der Waals surface area contributed by atoms with Gasteiger partial charge in [0.1, 0.15) is 0 Å². The highest BCUT2D eigenvalue weighted by Crippen LogP contribution is 2.28. The largest absolute Gasteiger partial charge is 0.493 e. The topological polar surface area (TPSA) is 35.5 Å². The SMILES string of the molecule is COc1cccc([C]=O)c1OC. The molecule has 12 heavy (non-hydrogen) atoms. The van der Waals surface area contributed by atoms with Crippen LogP contribution in [-0.4, -0.2) is 20.5 Å². The molecule has 0 aliphatic carbocycles. The van der Waals surface area contributed by atoms with Crippen LogP contribution in [0.2, 0.25) is 0 Å². The predicted molar refractivity (Wildman–Crippen MR) is 44.3 cm³/mol. The summed E-state index contributed by atoms with van der Waals surface area (Å²) in [5.74, 6) is 0.966. The van der Waals surface area contributed by atoms with Gasteiger partial charge in [0.2, 0.25) is 6.29 Å². The van der Waals surface area contributed by atoms with E-state index in [1.54, 1.807) is 24.5 Å². The van der Waals surface area contributed by atoms with Crippen LogP contribution < -0.4 is 9.47 Å². The van der Waals surface area contributed by atoms with Crippen molar-refractivity contribution in [3.8, 4) is 11.5 Å². The Hall–Kier alpha value is -1.51. The summed E-state index contributed by atoms with van der Waals surface area (Å²) < 4.78 is 9.95. The normalized spacial score (nSPS) is 9.17. The summed E-state index contributed by atoms with van der Waals surface area (Å²) in [6, 6.07) is 5.05. The molecule has 1 aromatic rings. The fourth-order valence-corrected chi connectivity index (χ4v) is 0.967. The highest BCUT2D eigenvalue weighted by atomic mass is 16.5. The summed E-state index contributed by atoms with van der Waals surface area (Å²) in [5.41, 5.74) is 0.372. The molecule has 0 bridgehead atoms. The Labute approximate surface area is 70.9 Å². The molecule has 0 spiro atoms. The van der Waals surface area contributed by atoms with Gasteiger partial charge in [0.25, 0.3) is 0 Å². The molecule has 1 rings (SSSR count). The lowest BCUT2D eigenvalue weighted by Gasteiger charge is -2.07. The van der Waals surface area contributed by atoms with Crippen molar-refractivity contribution in [3.63, 3.8) is 0 Å². The van der Waals surface area contributed by atoms with E-state index < -0.39 is 0 Å². The van der Waals surface area contributed by atoms with Gasteiger partial charge in [-0.15, -0.1) is 0 Å². The quantitative estimate of drug-likeness (QED) is 0.674. The minimum atomic E-state index is 0.372. The van der Waals surface area contributed by atoms with Crippen molar-refractivity contribution in [1.29, 1.82) is 0 Å². The number of hydrogen-bond acceptors (Lipinski definition) is 3. The fourth-order valence-electron chi connectivity index (χ4n) is 0.967. The molecule has 3 heteroatoms. The van der Waals surface area contributed by atoms with Crippen LogP contribution in [0.25, 0.3) is 0 Å². The van der Waals surface area contributed by atoms with Crippen molar-refractivity contribution in [3.05, 3.63) is 23.8 Å². The van der Waals surface area contributed by atoms with Gasteiger partial charge in [-0.05, 0) is 12.1 Å². The molecule has 1 aromatic carbocycles. The van der Waals surface area contributed by atoms with Crippen LogP contribution in [0, 0.1) is 0 Å². The molecular formula is C9H9O3. The van der Waals surface area contributed by atoms with E-state index in [-0.39, 0.29) is 0 Å². The molecule has 0 aliphatic rings. The van der Waals surface area contributed by atoms with Gasteiger partial charge in [-0.25, -0.2) is 0 Å². The van der Waals surface area contributed by atoms with Crippen molar-refractivity contribution >= 4 is 6.29 Å². The number of carbonyl (C=O) groups excluding carboxylic acids is 1. The number of hydrogen-bond donors (Lipinski definition) is 0. The van der Waals surface area contributed by atoms with Crippen LogP contribution in [0.3, 0.4) is 0 Å². The molecule has 0 amide bonds. The number of ether oxygens (including phenoxy) is 2. The molecule has 0 atom stereocenters. The molecule has 0 fully saturated rings. The number of benzene rings is 1. The standard InChI is InChI=1S/C9H9O3/c1-11-8-5-3-4-7(6-10)9(8)12-2/h3-5H,1-2H3. The summed E-state index contributed by atoms with van der Waals surface area (Å²) in [6.45, 7) is 0. The van der Waals surface area contributed by atoms with E-state index in [1.165, 1.54) is 14.2 Å². The second-order valence-electron chi connectivity index (χ2n) is 2.14. The molecule has 0 N–H and O–H groups in total. The summed E-state index contributed by atoms with van der Waals surface area (Å²) in [4.78, 5) is 10.4. The van der Waals surface area contributed by atoms with Crippen LogP contribution in [0.5, 0.6) is 11.5 Å². The van der Waals surface area contributed by atoms with Crippen LogP contribution in [0.1, 0.15) is 5.56 Å². The Bertz CT molecular complexity index is 281. The maximum atomic E-state index is 10.4.